The molecule has 4 rings (SSSR count). The topological polar surface area (TPSA) is 125 Å². The standard InChI is InChI=1S/C22H28N6O5S/c1-33-19-5-2-4-18(15-19)28-16-17(14-20(28)29)21(30)23-8-13-34(31,32)27-11-9-26(10-12-27)22-24-6-3-7-25-22/h2-7,15,17H,8-14,16H2,1H3,(H,23,30). The fourth-order valence-electron chi connectivity index (χ4n) is 4.11. The first-order valence-electron chi connectivity index (χ1n) is 11.1. The smallest absolute Gasteiger partial charge is 0.227 e. The summed E-state index contributed by atoms with van der Waals surface area (Å²) in [7, 11) is -1.97. The second kappa shape index (κ2) is 10.3. The normalized spacial score (nSPS) is 19.3. The molecule has 182 valence electrons. The van der Waals surface area contributed by atoms with E-state index in [1.165, 1.54) is 4.31 Å². The molecule has 3 heterocycles. The average Bonchev–Trinajstić information content (AvgIpc) is 3.26. The SMILES string of the molecule is COc1cccc(N2CC(C(=O)NCCS(=O)(=O)N3CCN(c4ncccn4)CC3)CC2=O)c1. The Hall–Kier alpha value is -3.25. The number of aromatic nitrogens is 2. The Labute approximate surface area is 198 Å². The Morgan fingerprint density at radius 3 is 2.59 bits per heavy atom. The van der Waals surface area contributed by atoms with Gasteiger partial charge in [0.1, 0.15) is 5.75 Å². The Balaban J connectivity index is 1.24. The van der Waals surface area contributed by atoms with E-state index < -0.39 is 15.9 Å². The number of hydrogen-bond acceptors (Lipinski definition) is 8. The van der Waals surface area contributed by atoms with Crippen LogP contribution in [0.4, 0.5) is 11.6 Å². The first-order valence-corrected chi connectivity index (χ1v) is 12.7. The Bertz CT molecular complexity index is 1120. The summed E-state index contributed by atoms with van der Waals surface area (Å²) in [5.41, 5.74) is 0.669. The van der Waals surface area contributed by atoms with Crippen LogP contribution in [0.3, 0.4) is 0 Å². The quantitative estimate of drug-likeness (QED) is 0.555. The van der Waals surface area contributed by atoms with Gasteiger partial charge in [-0.05, 0) is 18.2 Å². The van der Waals surface area contributed by atoms with Crippen molar-refractivity contribution in [2.24, 2.45) is 5.92 Å². The highest BCUT2D eigenvalue weighted by atomic mass is 32.2. The maximum absolute atomic E-state index is 12.7. The maximum atomic E-state index is 12.7. The van der Waals surface area contributed by atoms with Gasteiger partial charge in [0.25, 0.3) is 0 Å². The van der Waals surface area contributed by atoms with Crippen LogP contribution in [-0.4, -0.2) is 86.6 Å². The molecule has 0 radical (unpaired) electrons. The van der Waals surface area contributed by atoms with Crippen LogP contribution in [0.2, 0.25) is 0 Å². The monoisotopic (exact) mass is 488 g/mol. The van der Waals surface area contributed by atoms with Crippen LogP contribution in [-0.2, 0) is 19.6 Å². The van der Waals surface area contributed by atoms with Crippen molar-refractivity contribution in [1.82, 2.24) is 19.6 Å². The van der Waals surface area contributed by atoms with Crippen LogP contribution < -0.4 is 19.9 Å². The van der Waals surface area contributed by atoms with Crippen LogP contribution in [0.25, 0.3) is 0 Å². The van der Waals surface area contributed by atoms with E-state index in [0.717, 1.165) is 0 Å². The summed E-state index contributed by atoms with van der Waals surface area (Å²) in [5.74, 6) is 0.0134. The van der Waals surface area contributed by atoms with Gasteiger partial charge >= 0.3 is 0 Å². The number of sulfonamides is 1. The van der Waals surface area contributed by atoms with E-state index in [4.69, 9.17) is 4.74 Å². The number of benzene rings is 1. The van der Waals surface area contributed by atoms with E-state index in [1.807, 2.05) is 4.90 Å². The first kappa shape index (κ1) is 23.9. The van der Waals surface area contributed by atoms with Crippen molar-refractivity contribution in [1.29, 1.82) is 0 Å². The van der Waals surface area contributed by atoms with E-state index in [1.54, 1.807) is 54.7 Å². The highest BCUT2D eigenvalue weighted by Crippen LogP contribution is 2.28. The third kappa shape index (κ3) is 5.45. The van der Waals surface area contributed by atoms with Crippen molar-refractivity contribution < 1.29 is 22.7 Å². The average molecular weight is 489 g/mol. The Morgan fingerprint density at radius 1 is 1.15 bits per heavy atom. The van der Waals surface area contributed by atoms with Gasteiger partial charge in [-0.15, -0.1) is 0 Å². The molecule has 1 N–H and O–H groups in total. The molecule has 1 unspecified atom stereocenters. The highest BCUT2D eigenvalue weighted by molar-refractivity contribution is 7.89. The zero-order valence-electron chi connectivity index (χ0n) is 19.0. The van der Waals surface area contributed by atoms with Crippen molar-refractivity contribution in [3.8, 4) is 5.75 Å². The molecule has 12 heteroatoms. The molecule has 2 aromatic rings. The summed E-state index contributed by atoms with van der Waals surface area (Å²) in [5, 5.41) is 2.69. The van der Waals surface area contributed by atoms with Crippen LogP contribution >= 0.6 is 0 Å². The van der Waals surface area contributed by atoms with Crippen molar-refractivity contribution in [3.05, 3.63) is 42.7 Å². The molecule has 0 spiro atoms. The maximum Gasteiger partial charge on any atom is 0.227 e. The van der Waals surface area contributed by atoms with Crippen LogP contribution in [0.1, 0.15) is 6.42 Å². The molecule has 2 aliphatic heterocycles. The minimum absolute atomic E-state index is 0.00692. The number of nitrogens with zero attached hydrogens (tertiary/aromatic N) is 5. The molecule has 2 saturated heterocycles. The molecule has 0 saturated carbocycles. The summed E-state index contributed by atoms with van der Waals surface area (Å²) in [6, 6.07) is 8.83. The van der Waals surface area contributed by atoms with Gasteiger partial charge in [-0.2, -0.15) is 4.31 Å². The van der Waals surface area contributed by atoms with Crippen LogP contribution in [0.5, 0.6) is 5.75 Å². The van der Waals surface area contributed by atoms with E-state index in [2.05, 4.69) is 15.3 Å². The summed E-state index contributed by atoms with van der Waals surface area (Å²) >= 11 is 0. The second-order valence-corrected chi connectivity index (χ2v) is 10.2. The molecule has 1 aromatic heterocycles. The summed E-state index contributed by atoms with van der Waals surface area (Å²) in [6.45, 7) is 1.91. The third-order valence-electron chi connectivity index (χ3n) is 5.99. The molecular formula is C22H28N6O5S. The Kier molecular flexibility index (Phi) is 7.27. The van der Waals surface area contributed by atoms with Gasteiger partial charge in [0, 0.05) is 69.8 Å². The number of amides is 2. The predicted molar refractivity (Wildman–Crippen MR) is 126 cm³/mol. The minimum Gasteiger partial charge on any atom is -0.497 e. The van der Waals surface area contributed by atoms with Crippen LogP contribution in [0.15, 0.2) is 42.7 Å². The number of hydrogen-bond donors (Lipinski definition) is 1. The molecule has 1 aromatic carbocycles. The molecule has 11 nitrogen and oxygen atoms in total. The molecule has 2 fully saturated rings. The molecule has 0 bridgehead atoms. The van der Waals surface area contributed by atoms with Gasteiger partial charge in [-0.25, -0.2) is 18.4 Å². The van der Waals surface area contributed by atoms with E-state index in [9.17, 15) is 18.0 Å². The second-order valence-electron chi connectivity index (χ2n) is 8.15. The molecule has 34 heavy (non-hydrogen) atoms. The fraction of sp³-hybridized carbons (Fsp3) is 0.455. The first-order chi connectivity index (χ1) is 16.4. The van der Waals surface area contributed by atoms with Crippen molar-refractivity contribution >= 4 is 33.5 Å². The van der Waals surface area contributed by atoms with Gasteiger partial charge in [0.15, 0.2) is 0 Å². The lowest BCUT2D eigenvalue weighted by Crippen LogP contribution is -2.50. The van der Waals surface area contributed by atoms with Crippen molar-refractivity contribution in [2.45, 2.75) is 6.42 Å². The number of carbonyl (C=O) groups excluding carboxylic acids is 2. The lowest BCUT2D eigenvalue weighted by molar-refractivity contribution is -0.126. The zero-order valence-corrected chi connectivity index (χ0v) is 19.8. The van der Waals surface area contributed by atoms with Crippen molar-refractivity contribution in [3.63, 3.8) is 0 Å². The fourth-order valence-corrected chi connectivity index (χ4v) is 5.45. The molecule has 1 atom stereocenters. The van der Waals surface area contributed by atoms with Gasteiger partial charge < -0.3 is 19.9 Å². The van der Waals surface area contributed by atoms with E-state index >= 15 is 0 Å². The molecule has 2 amide bonds. The molecule has 2 aliphatic rings. The van der Waals surface area contributed by atoms with Crippen LogP contribution in [0, 0.1) is 5.92 Å². The van der Waals surface area contributed by atoms with E-state index in [0.29, 0.717) is 43.6 Å². The van der Waals surface area contributed by atoms with Gasteiger partial charge in [-0.3, -0.25) is 9.59 Å². The van der Waals surface area contributed by atoms with E-state index in [-0.39, 0.29) is 37.1 Å². The zero-order chi connectivity index (χ0) is 24.1. The number of piperazine rings is 1. The summed E-state index contributed by atoms with van der Waals surface area (Å²) in [4.78, 5) is 37.0. The highest BCUT2D eigenvalue weighted by Gasteiger charge is 2.35. The van der Waals surface area contributed by atoms with Crippen molar-refractivity contribution in [2.75, 3.05) is 61.9 Å². The number of nitrogens with one attached hydrogen (secondary N) is 1. The molecular weight excluding hydrogens is 460 g/mol. The lowest BCUT2D eigenvalue weighted by Gasteiger charge is -2.33. The van der Waals surface area contributed by atoms with Gasteiger partial charge in [0.2, 0.25) is 27.8 Å². The van der Waals surface area contributed by atoms with Gasteiger partial charge in [-0.1, -0.05) is 6.07 Å². The number of rotatable bonds is 8. The predicted octanol–water partition coefficient (Wildman–Crippen LogP) is 0.106. The number of anilines is 2. The third-order valence-corrected chi connectivity index (χ3v) is 7.86. The number of carbonyl (C=O) groups is 2. The largest absolute Gasteiger partial charge is 0.497 e. The molecule has 0 aliphatic carbocycles. The summed E-state index contributed by atoms with van der Waals surface area (Å²) < 4.78 is 32.1. The summed E-state index contributed by atoms with van der Waals surface area (Å²) in [6.07, 6.45) is 3.39. The Morgan fingerprint density at radius 2 is 1.88 bits per heavy atom. The number of methoxy groups -OCH3 is 1. The lowest BCUT2D eigenvalue weighted by atomic mass is 10.1. The number of ether oxygens (including phenoxy) is 1. The minimum atomic E-state index is -3.52. The van der Waals surface area contributed by atoms with Gasteiger partial charge in [0.05, 0.1) is 18.8 Å².